The van der Waals surface area contributed by atoms with Crippen LogP contribution in [0.3, 0.4) is 0 Å². The summed E-state index contributed by atoms with van der Waals surface area (Å²) in [7, 11) is -4.67. The first-order chi connectivity index (χ1) is 9.44. The van der Waals surface area contributed by atoms with Crippen LogP contribution in [0.15, 0.2) is 30.3 Å². The number of carboxylic acid groups (broad SMARTS) is 1. The van der Waals surface area contributed by atoms with Crippen LogP contribution >= 0.6 is 39.5 Å². The molecule has 118 valence electrons. The molecule has 0 aliphatic heterocycles. The smallest absolute Gasteiger partial charge is 0.379 e. The van der Waals surface area contributed by atoms with Crippen LogP contribution in [0.2, 0.25) is 0 Å². The Bertz CT molecular complexity index is 549. The Morgan fingerprint density at radius 2 is 1.81 bits per heavy atom. The number of rotatable bonds is 7. The lowest BCUT2D eigenvalue weighted by Crippen LogP contribution is -2.51. The van der Waals surface area contributed by atoms with Crippen LogP contribution in [-0.2, 0) is 12.6 Å². The number of benzene rings is 1. The number of carboxylic acids is 1. The summed E-state index contributed by atoms with van der Waals surface area (Å²) in [6.07, 6.45) is -1.11. The van der Waals surface area contributed by atoms with E-state index in [1.807, 2.05) is 0 Å². The number of quaternary nitrogens is 1. The molecule has 21 heavy (non-hydrogen) atoms. The summed E-state index contributed by atoms with van der Waals surface area (Å²) in [6, 6.07) is 8.63. The standard InChI is InChI=1S/C11H14Br2NO6P/c12-11(13,9-4-2-1-3-5-9)7-14(17,6-10(15)16)8-21(18,19)20/h1-5H,6-8H2,(H,15,16)(H2,18,19,20). The molecule has 0 aliphatic carbocycles. The molecule has 0 saturated heterocycles. The van der Waals surface area contributed by atoms with E-state index in [-0.39, 0.29) is 0 Å². The SMILES string of the molecule is O=C(O)C[N+]([O-])(CC(Br)(Br)c1ccccc1)CP(=O)(O)O. The van der Waals surface area contributed by atoms with E-state index >= 15 is 0 Å². The van der Waals surface area contributed by atoms with Crippen molar-refractivity contribution in [3.05, 3.63) is 41.1 Å². The Hall–Kier alpha value is -0.280. The van der Waals surface area contributed by atoms with Crippen molar-refractivity contribution >= 4 is 45.4 Å². The van der Waals surface area contributed by atoms with E-state index in [9.17, 15) is 14.6 Å². The van der Waals surface area contributed by atoms with Crippen molar-refractivity contribution in [2.24, 2.45) is 0 Å². The molecule has 0 aliphatic rings. The molecule has 0 radical (unpaired) electrons. The van der Waals surface area contributed by atoms with Crippen LogP contribution in [-0.4, -0.2) is 44.9 Å². The second-order valence-corrected chi connectivity index (χ2v) is 10.0. The number of hydrogen-bond donors (Lipinski definition) is 3. The van der Waals surface area contributed by atoms with E-state index < -0.39 is 40.8 Å². The summed E-state index contributed by atoms with van der Waals surface area (Å²) in [4.78, 5) is 28.8. The minimum atomic E-state index is -4.67. The van der Waals surface area contributed by atoms with Gasteiger partial charge >= 0.3 is 13.6 Å². The number of halogens is 2. The number of carbonyl (C=O) groups is 1. The van der Waals surface area contributed by atoms with Crippen molar-refractivity contribution in [3.8, 4) is 0 Å². The normalized spacial score (nSPS) is 15.5. The second kappa shape index (κ2) is 6.87. The molecule has 1 atom stereocenters. The molecule has 7 nitrogen and oxygen atoms in total. The lowest BCUT2D eigenvalue weighted by atomic mass is 10.1. The molecule has 0 heterocycles. The molecule has 1 rings (SSSR count). The van der Waals surface area contributed by atoms with Gasteiger partial charge in [-0.05, 0) is 5.56 Å². The summed E-state index contributed by atoms with van der Waals surface area (Å²) in [5.74, 6) is -1.43. The summed E-state index contributed by atoms with van der Waals surface area (Å²) < 4.78 is 8.45. The molecular formula is C11H14Br2NO6P. The van der Waals surface area contributed by atoms with E-state index in [2.05, 4.69) is 31.9 Å². The minimum Gasteiger partial charge on any atom is -0.632 e. The topological polar surface area (TPSA) is 118 Å². The van der Waals surface area contributed by atoms with Crippen LogP contribution in [0, 0.1) is 5.21 Å². The van der Waals surface area contributed by atoms with Crippen molar-refractivity contribution in [1.29, 1.82) is 0 Å². The van der Waals surface area contributed by atoms with Crippen LogP contribution in [0.5, 0.6) is 0 Å². The fourth-order valence-corrected chi connectivity index (χ4v) is 4.19. The highest BCUT2D eigenvalue weighted by Crippen LogP contribution is 2.44. The Kier molecular flexibility index (Phi) is 6.14. The maximum absolute atomic E-state index is 12.5. The van der Waals surface area contributed by atoms with Crippen molar-refractivity contribution in [2.45, 2.75) is 3.23 Å². The molecule has 0 amide bonds. The predicted octanol–water partition coefficient (Wildman–Crippen LogP) is 2.16. The number of alkyl halides is 2. The van der Waals surface area contributed by atoms with Gasteiger partial charge in [0.05, 0.1) is 0 Å². The van der Waals surface area contributed by atoms with Gasteiger partial charge in [0.1, 0.15) is 6.54 Å². The third kappa shape index (κ3) is 6.56. The highest BCUT2D eigenvalue weighted by Gasteiger charge is 2.39. The molecule has 1 aromatic rings. The summed E-state index contributed by atoms with van der Waals surface area (Å²) in [5, 5.41) is 21.3. The van der Waals surface area contributed by atoms with Gasteiger partial charge in [-0.1, -0.05) is 62.2 Å². The monoisotopic (exact) mass is 445 g/mol. The zero-order valence-corrected chi connectivity index (χ0v) is 14.8. The molecular weight excluding hydrogens is 433 g/mol. The Morgan fingerprint density at radius 3 is 2.24 bits per heavy atom. The number of hydrogen-bond acceptors (Lipinski definition) is 3. The van der Waals surface area contributed by atoms with Gasteiger partial charge < -0.3 is 24.7 Å². The van der Waals surface area contributed by atoms with Gasteiger partial charge in [0.15, 0.2) is 16.1 Å². The highest BCUT2D eigenvalue weighted by molar-refractivity contribution is 9.24. The Labute approximate surface area is 138 Å². The van der Waals surface area contributed by atoms with Crippen molar-refractivity contribution in [1.82, 2.24) is 0 Å². The summed E-state index contributed by atoms with van der Waals surface area (Å²) >= 11 is 6.56. The van der Waals surface area contributed by atoms with Crippen LogP contribution in [0.4, 0.5) is 0 Å². The molecule has 0 saturated carbocycles. The van der Waals surface area contributed by atoms with Crippen molar-refractivity contribution < 1.29 is 28.9 Å². The first-order valence-corrected chi connectivity index (χ1v) is 9.09. The Balaban J connectivity index is 3.05. The third-order valence-corrected chi connectivity index (χ3v) is 4.85. The van der Waals surface area contributed by atoms with E-state index in [4.69, 9.17) is 14.9 Å². The summed E-state index contributed by atoms with van der Waals surface area (Å²) in [6.45, 7) is -1.36. The number of nitrogens with zero attached hydrogens (tertiary/aromatic N) is 1. The van der Waals surface area contributed by atoms with Crippen molar-refractivity contribution in [3.63, 3.8) is 0 Å². The Morgan fingerprint density at radius 1 is 1.29 bits per heavy atom. The molecule has 10 heteroatoms. The van der Waals surface area contributed by atoms with Gasteiger partial charge in [-0.15, -0.1) is 0 Å². The lowest BCUT2D eigenvalue weighted by molar-refractivity contribution is -0.863. The average molecular weight is 447 g/mol. The van der Waals surface area contributed by atoms with E-state index in [0.717, 1.165) is 0 Å². The molecule has 1 unspecified atom stereocenters. The van der Waals surface area contributed by atoms with Gasteiger partial charge in [0, 0.05) is 0 Å². The van der Waals surface area contributed by atoms with E-state index in [1.54, 1.807) is 30.3 Å². The van der Waals surface area contributed by atoms with Crippen molar-refractivity contribution in [2.75, 3.05) is 19.4 Å². The molecule has 0 spiro atoms. The van der Waals surface area contributed by atoms with Gasteiger partial charge in [-0.2, -0.15) is 0 Å². The predicted molar refractivity (Wildman–Crippen MR) is 83.9 cm³/mol. The quantitative estimate of drug-likeness (QED) is 0.255. The van der Waals surface area contributed by atoms with Crippen LogP contribution in [0.25, 0.3) is 0 Å². The van der Waals surface area contributed by atoms with Gasteiger partial charge in [0.2, 0.25) is 0 Å². The largest absolute Gasteiger partial charge is 0.632 e. The number of aliphatic carboxylic acids is 1. The van der Waals surface area contributed by atoms with E-state index in [0.29, 0.717) is 5.56 Å². The second-order valence-electron chi connectivity index (χ2n) is 4.64. The van der Waals surface area contributed by atoms with Crippen LogP contribution < -0.4 is 0 Å². The minimum absolute atomic E-state index is 0.408. The fraction of sp³-hybridized carbons (Fsp3) is 0.364. The van der Waals surface area contributed by atoms with Gasteiger partial charge in [-0.25, -0.2) is 4.79 Å². The zero-order chi connectivity index (χ0) is 16.3. The van der Waals surface area contributed by atoms with Gasteiger partial charge in [0.25, 0.3) is 0 Å². The maximum atomic E-state index is 12.5. The highest BCUT2D eigenvalue weighted by atomic mass is 79.9. The zero-order valence-electron chi connectivity index (χ0n) is 10.7. The molecule has 0 fully saturated rings. The fourth-order valence-electron chi connectivity index (χ4n) is 1.87. The molecule has 3 N–H and O–H groups in total. The molecule has 0 bridgehead atoms. The maximum Gasteiger partial charge on any atom is 0.379 e. The van der Waals surface area contributed by atoms with E-state index in [1.165, 1.54) is 0 Å². The number of hydroxylamine groups is 3. The summed E-state index contributed by atoms with van der Waals surface area (Å²) in [5.41, 5.74) is 0.638. The third-order valence-electron chi connectivity index (χ3n) is 2.55. The lowest BCUT2D eigenvalue weighted by Gasteiger charge is -2.44. The van der Waals surface area contributed by atoms with Gasteiger partial charge in [-0.3, -0.25) is 4.57 Å². The van der Waals surface area contributed by atoms with Crippen LogP contribution in [0.1, 0.15) is 5.56 Å². The first kappa shape index (κ1) is 18.8. The molecule has 1 aromatic carbocycles. The first-order valence-electron chi connectivity index (χ1n) is 5.70. The molecule has 0 aromatic heterocycles. The average Bonchev–Trinajstić information content (AvgIpc) is 2.24.